The lowest BCUT2D eigenvalue weighted by Crippen LogP contribution is -2.48. The monoisotopic (exact) mass is 501 g/mol. The molecule has 0 unspecified atom stereocenters. The summed E-state index contributed by atoms with van der Waals surface area (Å²) in [6.07, 6.45) is 0.574. The summed E-state index contributed by atoms with van der Waals surface area (Å²) in [5.74, 6) is 1.09. The molecule has 1 fully saturated rings. The number of nitrogens with zero attached hydrogens (tertiary/aromatic N) is 7. The van der Waals surface area contributed by atoms with Crippen LogP contribution >= 0.6 is 15.9 Å². The predicted octanol–water partition coefficient (Wildman–Crippen LogP) is 2.86. The minimum atomic E-state index is -1.09. The number of rotatable bonds is 4. The summed E-state index contributed by atoms with van der Waals surface area (Å²) in [6, 6.07) is 5.41. The second-order valence-electron chi connectivity index (χ2n) is 7.77. The Hall–Kier alpha value is -3.21. The molecule has 0 aliphatic carbocycles. The van der Waals surface area contributed by atoms with Crippen molar-refractivity contribution in [3.63, 3.8) is 0 Å². The number of carboxylic acid groups (broad SMARTS) is 1. The highest BCUT2D eigenvalue weighted by molar-refractivity contribution is 9.10. The summed E-state index contributed by atoms with van der Waals surface area (Å²) < 4.78 is 2.27. The molecule has 32 heavy (non-hydrogen) atoms. The molecule has 4 heterocycles. The summed E-state index contributed by atoms with van der Waals surface area (Å²) in [7, 11) is 0. The molecule has 4 rings (SSSR count). The number of carbonyl (C=O) groups is 2. The first-order valence-electron chi connectivity index (χ1n) is 10.2. The van der Waals surface area contributed by atoms with E-state index in [1.807, 2.05) is 19.9 Å². The Kier molecular flexibility index (Phi) is 6.00. The van der Waals surface area contributed by atoms with Gasteiger partial charge < -0.3 is 14.9 Å². The minimum Gasteiger partial charge on any atom is -0.465 e. The van der Waals surface area contributed by atoms with Gasteiger partial charge in [0.05, 0.1) is 16.7 Å². The molecule has 3 aromatic heterocycles. The summed E-state index contributed by atoms with van der Waals surface area (Å²) in [6.45, 7) is 7.83. The average molecular weight is 502 g/mol. The molecule has 1 N–H and O–H groups in total. The van der Waals surface area contributed by atoms with E-state index in [0.717, 1.165) is 11.3 Å². The van der Waals surface area contributed by atoms with E-state index < -0.39 is 6.09 Å². The van der Waals surface area contributed by atoms with E-state index in [1.165, 1.54) is 4.90 Å². The van der Waals surface area contributed by atoms with E-state index in [-0.39, 0.29) is 12.5 Å². The third-order valence-electron chi connectivity index (χ3n) is 5.52. The maximum absolute atomic E-state index is 12.3. The summed E-state index contributed by atoms with van der Waals surface area (Å²) in [5.41, 5.74) is 2.89. The number of aryl methyl sites for hydroxylation is 2. The third kappa shape index (κ3) is 4.24. The van der Waals surface area contributed by atoms with Gasteiger partial charge >= 0.3 is 6.09 Å². The van der Waals surface area contributed by atoms with Crippen LogP contribution in [0.5, 0.6) is 0 Å². The SMILES string of the molecule is CC(=O)N1CCN(c2cc(N(Cc3ccnc(C)c3)C(=O)O)n3nc(C)c(Br)c3n2)CC1. The Labute approximate surface area is 193 Å². The fourth-order valence-electron chi connectivity index (χ4n) is 3.81. The number of hydrogen-bond donors (Lipinski definition) is 1. The lowest BCUT2D eigenvalue weighted by molar-refractivity contribution is -0.129. The van der Waals surface area contributed by atoms with Gasteiger partial charge in [0, 0.05) is 51.1 Å². The van der Waals surface area contributed by atoms with Gasteiger partial charge in [0.25, 0.3) is 0 Å². The fraction of sp³-hybridized carbons (Fsp3) is 0.381. The van der Waals surface area contributed by atoms with Crippen molar-refractivity contribution in [3.05, 3.63) is 45.8 Å². The maximum Gasteiger partial charge on any atom is 0.413 e. The molecule has 168 valence electrons. The highest BCUT2D eigenvalue weighted by Crippen LogP contribution is 2.30. The number of piperazine rings is 1. The van der Waals surface area contributed by atoms with Gasteiger partial charge in [-0.3, -0.25) is 14.7 Å². The second kappa shape index (κ2) is 8.73. The molecule has 11 heteroatoms. The van der Waals surface area contributed by atoms with Crippen LogP contribution in [0.25, 0.3) is 5.65 Å². The van der Waals surface area contributed by atoms with E-state index in [9.17, 15) is 14.7 Å². The number of pyridine rings is 1. The first-order chi connectivity index (χ1) is 15.2. The number of fused-ring (bicyclic) bond motifs is 1. The summed E-state index contributed by atoms with van der Waals surface area (Å²) >= 11 is 3.54. The summed E-state index contributed by atoms with van der Waals surface area (Å²) in [5, 5.41) is 14.6. The number of carbonyl (C=O) groups excluding carboxylic acids is 1. The first-order valence-corrected chi connectivity index (χ1v) is 11.0. The largest absolute Gasteiger partial charge is 0.465 e. The smallest absolute Gasteiger partial charge is 0.413 e. The Morgan fingerprint density at radius 3 is 2.53 bits per heavy atom. The molecule has 1 saturated heterocycles. The van der Waals surface area contributed by atoms with Crippen molar-refractivity contribution in [2.24, 2.45) is 0 Å². The molecule has 0 spiro atoms. The molecule has 2 amide bonds. The molecule has 0 atom stereocenters. The Bertz CT molecular complexity index is 1190. The van der Waals surface area contributed by atoms with Gasteiger partial charge in [-0.1, -0.05) is 0 Å². The number of halogens is 1. The molecular formula is C21H24BrN7O3. The van der Waals surface area contributed by atoms with Crippen molar-refractivity contribution < 1.29 is 14.7 Å². The lowest BCUT2D eigenvalue weighted by atomic mass is 10.2. The second-order valence-corrected chi connectivity index (χ2v) is 8.57. The highest BCUT2D eigenvalue weighted by atomic mass is 79.9. The average Bonchev–Trinajstić information content (AvgIpc) is 3.05. The van der Waals surface area contributed by atoms with E-state index in [1.54, 1.807) is 34.7 Å². The van der Waals surface area contributed by atoms with Crippen LogP contribution in [0.15, 0.2) is 28.9 Å². The first kappa shape index (κ1) is 22.0. The van der Waals surface area contributed by atoms with E-state index >= 15 is 0 Å². The number of hydrogen-bond acceptors (Lipinski definition) is 6. The Balaban J connectivity index is 1.77. The van der Waals surface area contributed by atoms with E-state index in [4.69, 9.17) is 4.98 Å². The maximum atomic E-state index is 12.3. The van der Waals surface area contributed by atoms with Crippen molar-refractivity contribution in [3.8, 4) is 0 Å². The predicted molar refractivity (Wildman–Crippen MR) is 123 cm³/mol. The highest BCUT2D eigenvalue weighted by Gasteiger charge is 2.26. The minimum absolute atomic E-state index is 0.0487. The van der Waals surface area contributed by atoms with Crippen LogP contribution in [-0.4, -0.2) is 67.8 Å². The fourth-order valence-corrected chi connectivity index (χ4v) is 4.14. The Morgan fingerprint density at radius 1 is 1.19 bits per heavy atom. The summed E-state index contributed by atoms with van der Waals surface area (Å²) in [4.78, 5) is 38.1. The normalized spacial score (nSPS) is 14.1. The zero-order chi connectivity index (χ0) is 23.0. The van der Waals surface area contributed by atoms with Crippen molar-refractivity contribution in [2.45, 2.75) is 27.3 Å². The molecular weight excluding hydrogens is 478 g/mol. The van der Waals surface area contributed by atoms with Gasteiger partial charge in [0.15, 0.2) is 5.65 Å². The van der Waals surface area contributed by atoms with Gasteiger partial charge in [-0.25, -0.2) is 9.78 Å². The number of aromatic nitrogens is 4. The van der Waals surface area contributed by atoms with Crippen molar-refractivity contribution in [1.29, 1.82) is 0 Å². The molecule has 0 saturated carbocycles. The van der Waals surface area contributed by atoms with Crippen LogP contribution in [0, 0.1) is 13.8 Å². The van der Waals surface area contributed by atoms with Gasteiger partial charge in [-0.05, 0) is 47.5 Å². The van der Waals surface area contributed by atoms with Crippen LogP contribution < -0.4 is 9.80 Å². The molecule has 0 bridgehead atoms. The molecule has 0 aromatic carbocycles. The van der Waals surface area contributed by atoms with Crippen LogP contribution in [0.4, 0.5) is 16.4 Å². The Morgan fingerprint density at radius 2 is 1.91 bits per heavy atom. The third-order valence-corrected chi connectivity index (χ3v) is 6.45. The van der Waals surface area contributed by atoms with Gasteiger partial charge in [-0.15, -0.1) is 0 Å². The standard InChI is InChI=1S/C21H24BrN7O3/c1-13-10-16(4-5-23-13)12-28(21(31)32)18-11-17(24-20-19(22)14(2)25-29(18)20)27-8-6-26(7-9-27)15(3)30/h4-5,10-11H,6-9,12H2,1-3H3,(H,31,32). The van der Waals surface area contributed by atoms with Gasteiger partial charge in [-0.2, -0.15) is 9.61 Å². The zero-order valence-corrected chi connectivity index (χ0v) is 19.7. The molecule has 0 radical (unpaired) electrons. The molecule has 10 nitrogen and oxygen atoms in total. The van der Waals surface area contributed by atoms with Crippen molar-refractivity contribution in [2.75, 3.05) is 36.0 Å². The van der Waals surface area contributed by atoms with Gasteiger partial charge in [0.2, 0.25) is 5.91 Å². The van der Waals surface area contributed by atoms with Crippen molar-refractivity contribution in [1.82, 2.24) is 24.5 Å². The molecule has 3 aromatic rings. The zero-order valence-electron chi connectivity index (χ0n) is 18.1. The van der Waals surface area contributed by atoms with E-state index in [0.29, 0.717) is 53.6 Å². The van der Waals surface area contributed by atoms with Crippen LogP contribution in [0.2, 0.25) is 0 Å². The van der Waals surface area contributed by atoms with Crippen molar-refractivity contribution >= 4 is 45.2 Å². The van der Waals surface area contributed by atoms with E-state index in [2.05, 4.69) is 30.9 Å². The molecule has 1 aliphatic heterocycles. The quantitative estimate of drug-likeness (QED) is 0.585. The number of anilines is 2. The lowest BCUT2D eigenvalue weighted by Gasteiger charge is -2.35. The number of amides is 2. The van der Waals surface area contributed by atoms with Crippen LogP contribution in [0.3, 0.4) is 0 Å². The molecule has 1 aliphatic rings. The van der Waals surface area contributed by atoms with Crippen LogP contribution in [0.1, 0.15) is 23.9 Å². The van der Waals surface area contributed by atoms with Crippen LogP contribution in [-0.2, 0) is 11.3 Å². The topological polar surface area (TPSA) is 107 Å². The van der Waals surface area contributed by atoms with Gasteiger partial charge in [0.1, 0.15) is 11.6 Å².